The molecule has 1 saturated heterocycles. The molecule has 1 aliphatic heterocycles. The van der Waals surface area contributed by atoms with Crippen molar-refractivity contribution in [3.63, 3.8) is 0 Å². The van der Waals surface area contributed by atoms with Gasteiger partial charge in [0.1, 0.15) is 5.82 Å². The van der Waals surface area contributed by atoms with Crippen molar-refractivity contribution >= 4 is 16.7 Å². The summed E-state index contributed by atoms with van der Waals surface area (Å²) >= 11 is 0. The fourth-order valence-corrected chi connectivity index (χ4v) is 3.01. The number of anilines is 1. The van der Waals surface area contributed by atoms with Gasteiger partial charge >= 0.3 is 0 Å². The molecule has 0 spiro atoms. The second-order valence-corrected chi connectivity index (χ2v) is 6.08. The van der Waals surface area contributed by atoms with E-state index in [9.17, 15) is 0 Å². The van der Waals surface area contributed by atoms with Gasteiger partial charge in [-0.3, -0.25) is 4.98 Å². The number of benzene rings is 1. The zero-order valence-electron chi connectivity index (χ0n) is 14.1. The number of likely N-dealkylation sites (N-methyl/N-ethyl adjacent to an activating group) is 1. The Morgan fingerprint density at radius 3 is 2.84 bits per heavy atom. The Hall–Kier alpha value is -2.57. The number of aromatic nitrogens is 3. The maximum atomic E-state index is 5.78. The van der Waals surface area contributed by atoms with Gasteiger partial charge in [-0.05, 0) is 24.3 Å². The number of ether oxygens (including phenoxy) is 2. The molecular weight excluding hydrogens is 316 g/mol. The normalized spacial score (nSPS) is 17.6. The SMILES string of the molecule is CN(CC1COCCO1)c1nc(-c2cccnc2)nc2ccccc12. The lowest BCUT2D eigenvalue weighted by molar-refractivity contribution is -0.0837. The molecular formula is C19H20N4O2. The van der Waals surface area contributed by atoms with Crippen LogP contribution in [0.4, 0.5) is 5.82 Å². The van der Waals surface area contributed by atoms with Crippen LogP contribution in [0.5, 0.6) is 0 Å². The van der Waals surface area contributed by atoms with Crippen LogP contribution in [0.25, 0.3) is 22.3 Å². The molecule has 128 valence electrons. The lowest BCUT2D eigenvalue weighted by Gasteiger charge is -2.28. The molecule has 2 aromatic heterocycles. The van der Waals surface area contributed by atoms with Gasteiger partial charge in [-0.2, -0.15) is 0 Å². The van der Waals surface area contributed by atoms with E-state index in [2.05, 4.69) is 9.88 Å². The minimum Gasteiger partial charge on any atom is -0.376 e. The van der Waals surface area contributed by atoms with E-state index in [4.69, 9.17) is 19.4 Å². The van der Waals surface area contributed by atoms with E-state index >= 15 is 0 Å². The van der Waals surface area contributed by atoms with Crippen LogP contribution in [0.2, 0.25) is 0 Å². The molecule has 0 aliphatic carbocycles. The largest absolute Gasteiger partial charge is 0.376 e. The van der Waals surface area contributed by atoms with Crippen molar-refractivity contribution in [2.45, 2.75) is 6.10 Å². The average molecular weight is 336 g/mol. The fourth-order valence-electron chi connectivity index (χ4n) is 3.01. The molecule has 0 N–H and O–H groups in total. The summed E-state index contributed by atoms with van der Waals surface area (Å²) in [5.41, 5.74) is 1.82. The smallest absolute Gasteiger partial charge is 0.163 e. The van der Waals surface area contributed by atoms with Crippen LogP contribution < -0.4 is 4.90 Å². The topological polar surface area (TPSA) is 60.4 Å². The predicted octanol–water partition coefficient (Wildman–Crippen LogP) is 2.54. The number of hydrogen-bond acceptors (Lipinski definition) is 6. The van der Waals surface area contributed by atoms with Crippen molar-refractivity contribution < 1.29 is 9.47 Å². The quantitative estimate of drug-likeness (QED) is 0.730. The number of fused-ring (bicyclic) bond motifs is 1. The van der Waals surface area contributed by atoms with E-state index in [1.165, 1.54) is 0 Å². The van der Waals surface area contributed by atoms with E-state index in [-0.39, 0.29) is 6.10 Å². The Labute approximate surface area is 146 Å². The number of rotatable bonds is 4. The van der Waals surface area contributed by atoms with Crippen molar-refractivity contribution in [3.05, 3.63) is 48.8 Å². The van der Waals surface area contributed by atoms with E-state index in [0.717, 1.165) is 22.3 Å². The minimum atomic E-state index is 0.0503. The average Bonchev–Trinajstić information content (AvgIpc) is 2.68. The van der Waals surface area contributed by atoms with Crippen LogP contribution >= 0.6 is 0 Å². The summed E-state index contributed by atoms with van der Waals surface area (Å²) < 4.78 is 11.3. The molecule has 1 atom stereocenters. The summed E-state index contributed by atoms with van der Waals surface area (Å²) in [7, 11) is 2.03. The van der Waals surface area contributed by atoms with Crippen LogP contribution in [-0.4, -0.2) is 54.5 Å². The number of pyridine rings is 1. The van der Waals surface area contributed by atoms with E-state index in [1.54, 1.807) is 12.4 Å². The molecule has 0 saturated carbocycles. The van der Waals surface area contributed by atoms with Crippen LogP contribution in [-0.2, 0) is 9.47 Å². The molecule has 1 aromatic carbocycles. The molecule has 0 radical (unpaired) electrons. The minimum absolute atomic E-state index is 0.0503. The molecule has 3 heterocycles. The second kappa shape index (κ2) is 7.13. The molecule has 0 amide bonds. The summed E-state index contributed by atoms with van der Waals surface area (Å²) in [6.07, 6.45) is 3.58. The molecule has 1 aliphatic rings. The van der Waals surface area contributed by atoms with Crippen LogP contribution in [0, 0.1) is 0 Å². The third-order valence-electron chi connectivity index (χ3n) is 4.23. The third-order valence-corrected chi connectivity index (χ3v) is 4.23. The summed E-state index contributed by atoms with van der Waals surface area (Å²) in [5, 5.41) is 1.02. The van der Waals surface area contributed by atoms with Crippen molar-refractivity contribution in [3.8, 4) is 11.4 Å². The van der Waals surface area contributed by atoms with Crippen LogP contribution in [0.1, 0.15) is 0 Å². The van der Waals surface area contributed by atoms with Gasteiger partial charge in [-0.1, -0.05) is 12.1 Å². The van der Waals surface area contributed by atoms with Crippen molar-refractivity contribution in [1.29, 1.82) is 0 Å². The standard InChI is InChI=1S/C19H20N4O2/c1-23(12-15-13-24-9-10-25-15)19-16-6-2-3-7-17(16)21-18(22-19)14-5-4-8-20-11-14/h2-8,11,15H,9-10,12-13H2,1H3. The van der Waals surface area contributed by atoms with Gasteiger partial charge in [0.05, 0.1) is 31.4 Å². The molecule has 25 heavy (non-hydrogen) atoms. The van der Waals surface area contributed by atoms with Crippen molar-refractivity contribution in [2.24, 2.45) is 0 Å². The highest BCUT2D eigenvalue weighted by molar-refractivity contribution is 5.90. The van der Waals surface area contributed by atoms with Crippen LogP contribution in [0.15, 0.2) is 48.8 Å². The second-order valence-electron chi connectivity index (χ2n) is 6.08. The van der Waals surface area contributed by atoms with E-state index < -0.39 is 0 Å². The van der Waals surface area contributed by atoms with Gasteiger partial charge in [0, 0.05) is 36.9 Å². The Balaban J connectivity index is 1.73. The van der Waals surface area contributed by atoms with Crippen LogP contribution in [0.3, 0.4) is 0 Å². The summed E-state index contributed by atoms with van der Waals surface area (Å²) in [5.74, 6) is 1.56. The van der Waals surface area contributed by atoms with Gasteiger partial charge in [0.2, 0.25) is 0 Å². The Kier molecular flexibility index (Phi) is 4.54. The summed E-state index contributed by atoms with van der Waals surface area (Å²) in [4.78, 5) is 15.8. The van der Waals surface area contributed by atoms with Gasteiger partial charge < -0.3 is 14.4 Å². The summed E-state index contributed by atoms with van der Waals surface area (Å²) in [6, 6.07) is 11.9. The van der Waals surface area contributed by atoms with Gasteiger partial charge in [0.25, 0.3) is 0 Å². The van der Waals surface area contributed by atoms with E-state index in [0.29, 0.717) is 32.2 Å². The highest BCUT2D eigenvalue weighted by Gasteiger charge is 2.19. The highest BCUT2D eigenvalue weighted by atomic mass is 16.6. The number of hydrogen-bond donors (Lipinski definition) is 0. The van der Waals surface area contributed by atoms with Crippen molar-refractivity contribution in [2.75, 3.05) is 38.3 Å². The molecule has 1 fully saturated rings. The predicted molar refractivity (Wildman–Crippen MR) is 96.6 cm³/mol. The molecule has 6 nitrogen and oxygen atoms in total. The molecule has 0 bridgehead atoms. The fraction of sp³-hybridized carbons (Fsp3) is 0.316. The first kappa shape index (κ1) is 15.9. The first-order chi connectivity index (χ1) is 12.3. The molecule has 6 heteroatoms. The Bertz CT molecular complexity index is 850. The van der Waals surface area contributed by atoms with Gasteiger partial charge in [0.15, 0.2) is 5.82 Å². The Morgan fingerprint density at radius 2 is 2.04 bits per heavy atom. The highest BCUT2D eigenvalue weighted by Crippen LogP contribution is 2.27. The van der Waals surface area contributed by atoms with E-state index in [1.807, 2.05) is 43.4 Å². The first-order valence-electron chi connectivity index (χ1n) is 8.39. The lowest BCUT2D eigenvalue weighted by atomic mass is 10.2. The molecule has 1 unspecified atom stereocenters. The zero-order valence-corrected chi connectivity index (χ0v) is 14.1. The number of para-hydroxylation sites is 1. The van der Waals surface area contributed by atoms with Gasteiger partial charge in [-0.25, -0.2) is 9.97 Å². The molecule has 3 aromatic rings. The maximum Gasteiger partial charge on any atom is 0.163 e. The Morgan fingerprint density at radius 1 is 1.12 bits per heavy atom. The number of nitrogens with zero attached hydrogens (tertiary/aromatic N) is 4. The van der Waals surface area contributed by atoms with Gasteiger partial charge in [-0.15, -0.1) is 0 Å². The zero-order chi connectivity index (χ0) is 17.1. The lowest BCUT2D eigenvalue weighted by Crippen LogP contribution is -2.38. The first-order valence-corrected chi connectivity index (χ1v) is 8.39. The summed E-state index contributed by atoms with van der Waals surface area (Å²) in [6.45, 7) is 2.64. The monoisotopic (exact) mass is 336 g/mol. The maximum absolute atomic E-state index is 5.78. The molecule has 4 rings (SSSR count). The van der Waals surface area contributed by atoms with Crippen molar-refractivity contribution in [1.82, 2.24) is 15.0 Å². The third kappa shape index (κ3) is 3.45.